The maximum absolute atomic E-state index is 13.0. The summed E-state index contributed by atoms with van der Waals surface area (Å²) < 4.78 is 0. The van der Waals surface area contributed by atoms with Crippen LogP contribution in [0.15, 0.2) is 30.3 Å². The number of carbonyl (C=O) groups excluding carboxylic acids is 1. The highest BCUT2D eigenvalue weighted by atomic mass is 35.5. The molecule has 6 heteroatoms. The maximum atomic E-state index is 13.0. The predicted molar refractivity (Wildman–Crippen MR) is 124 cm³/mol. The molecule has 1 N–H and O–H groups in total. The van der Waals surface area contributed by atoms with Crippen LogP contribution in [0.1, 0.15) is 50.5 Å². The average molecular weight is 442 g/mol. The lowest BCUT2D eigenvalue weighted by Crippen LogP contribution is -2.49. The molecule has 1 aromatic carbocycles. The molecule has 164 valence electrons. The molecule has 3 atom stereocenters. The first-order chi connectivity index (χ1) is 13.2. The van der Waals surface area contributed by atoms with Crippen molar-refractivity contribution in [3.63, 3.8) is 0 Å². The van der Waals surface area contributed by atoms with Crippen molar-refractivity contribution in [2.75, 3.05) is 26.7 Å². The number of carbonyl (C=O) groups is 1. The van der Waals surface area contributed by atoms with E-state index in [4.69, 9.17) is 0 Å². The number of halogens is 2. The third kappa shape index (κ3) is 6.33. The fraction of sp³-hybridized carbons (Fsp3) is 0.696. The minimum atomic E-state index is 0. The van der Waals surface area contributed by atoms with Crippen LogP contribution in [-0.2, 0) is 11.3 Å². The van der Waals surface area contributed by atoms with E-state index in [2.05, 4.69) is 52.5 Å². The molecular weight excluding hydrogens is 405 g/mol. The summed E-state index contributed by atoms with van der Waals surface area (Å²) in [6, 6.07) is 11.4. The van der Waals surface area contributed by atoms with Gasteiger partial charge in [0.15, 0.2) is 0 Å². The Morgan fingerprint density at radius 2 is 1.76 bits per heavy atom. The highest BCUT2D eigenvalue weighted by molar-refractivity contribution is 5.85. The highest BCUT2D eigenvalue weighted by Crippen LogP contribution is 2.34. The SMILES string of the molecule is CN(Cc1ccccc1)CC1CCN(C(=O)C2CC3CCCCC3N2)CC1.Cl.Cl. The molecule has 0 aromatic heterocycles. The fourth-order valence-electron chi connectivity index (χ4n) is 5.47. The van der Waals surface area contributed by atoms with E-state index >= 15 is 0 Å². The quantitative estimate of drug-likeness (QED) is 0.745. The van der Waals surface area contributed by atoms with Gasteiger partial charge < -0.3 is 15.1 Å². The molecule has 0 spiro atoms. The molecule has 1 aliphatic carbocycles. The van der Waals surface area contributed by atoms with E-state index in [1.165, 1.54) is 31.2 Å². The summed E-state index contributed by atoms with van der Waals surface area (Å²) >= 11 is 0. The van der Waals surface area contributed by atoms with Crippen molar-refractivity contribution in [3.8, 4) is 0 Å². The van der Waals surface area contributed by atoms with Crippen LogP contribution < -0.4 is 5.32 Å². The van der Waals surface area contributed by atoms with Gasteiger partial charge >= 0.3 is 0 Å². The van der Waals surface area contributed by atoms with Gasteiger partial charge in [0.05, 0.1) is 6.04 Å². The summed E-state index contributed by atoms with van der Waals surface area (Å²) in [5.41, 5.74) is 1.38. The minimum Gasteiger partial charge on any atom is -0.341 e. The number of amides is 1. The van der Waals surface area contributed by atoms with Gasteiger partial charge in [-0.05, 0) is 56.6 Å². The van der Waals surface area contributed by atoms with E-state index in [1.54, 1.807) is 0 Å². The molecule has 4 rings (SSSR count). The van der Waals surface area contributed by atoms with Gasteiger partial charge in [-0.25, -0.2) is 0 Å². The van der Waals surface area contributed by atoms with Gasteiger partial charge in [-0.3, -0.25) is 4.79 Å². The monoisotopic (exact) mass is 441 g/mol. The van der Waals surface area contributed by atoms with Gasteiger partial charge in [0.25, 0.3) is 0 Å². The van der Waals surface area contributed by atoms with Crippen LogP contribution in [0.5, 0.6) is 0 Å². The van der Waals surface area contributed by atoms with Gasteiger partial charge in [0.2, 0.25) is 5.91 Å². The molecule has 0 radical (unpaired) electrons. The molecule has 2 saturated heterocycles. The molecule has 1 saturated carbocycles. The first kappa shape index (κ1) is 24.5. The van der Waals surface area contributed by atoms with E-state index in [9.17, 15) is 4.79 Å². The number of likely N-dealkylation sites (tertiary alicyclic amines) is 1. The summed E-state index contributed by atoms with van der Waals surface area (Å²) in [6.45, 7) is 4.02. The molecule has 2 heterocycles. The van der Waals surface area contributed by atoms with Crippen LogP contribution in [0.4, 0.5) is 0 Å². The normalized spacial score (nSPS) is 27.1. The van der Waals surface area contributed by atoms with Gasteiger partial charge in [-0.1, -0.05) is 43.2 Å². The van der Waals surface area contributed by atoms with E-state index in [0.29, 0.717) is 17.9 Å². The summed E-state index contributed by atoms with van der Waals surface area (Å²) in [5, 5.41) is 3.66. The van der Waals surface area contributed by atoms with Crippen molar-refractivity contribution in [1.29, 1.82) is 0 Å². The van der Waals surface area contributed by atoms with Crippen LogP contribution in [0, 0.1) is 11.8 Å². The Bertz CT molecular complexity index is 608. The second-order valence-corrected chi connectivity index (χ2v) is 9.06. The highest BCUT2D eigenvalue weighted by Gasteiger charge is 2.40. The summed E-state index contributed by atoms with van der Waals surface area (Å²) in [4.78, 5) is 17.5. The Hall–Kier alpha value is -0.810. The Morgan fingerprint density at radius 3 is 2.45 bits per heavy atom. The zero-order chi connectivity index (χ0) is 18.6. The van der Waals surface area contributed by atoms with E-state index in [1.807, 2.05) is 0 Å². The van der Waals surface area contributed by atoms with Crippen molar-refractivity contribution >= 4 is 30.7 Å². The molecule has 1 aromatic rings. The number of piperidine rings is 1. The van der Waals surface area contributed by atoms with Crippen LogP contribution >= 0.6 is 24.8 Å². The van der Waals surface area contributed by atoms with E-state index < -0.39 is 0 Å². The molecule has 3 aliphatic rings. The number of benzene rings is 1. The lowest BCUT2D eigenvalue weighted by Gasteiger charge is -2.35. The molecule has 4 nitrogen and oxygen atoms in total. The molecule has 2 aliphatic heterocycles. The first-order valence-corrected chi connectivity index (χ1v) is 11.0. The van der Waals surface area contributed by atoms with Crippen LogP contribution in [0.3, 0.4) is 0 Å². The summed E-state index contributed by atoms with van der Waals surface area (Å²) in [6.07, 6.45) is 8.63. The number of hydrogen-bond donors (Lipinski definition) is 1. The number of rotatable bonds is 5. The number of hydrogen-bond acceptors (Lipinski definition) is 3. The van der Waals surface area contributed by atoms with Crippen LogP contribution in [0.2, 0.25) is 0 Å². The van der Waals surface area contributed by atoms with Gasteiger partial charge in [-0.15, -0.1) is 24.8 Å². The maximum Gasteiger partial charge on any atom is 0.239 e. The summed E-state index contributed by atoms with van der Waals surface area (Å²) in [5.74, 6) is 1.83. The number of nitrogens with one attached hydrogen (secondary N) is 1. The van der Waals surface area contributed by atoms with Crippen LogP contribution in [0.25, 0.3) is 0 Å². The minimum absolute atomic E-state index is 0. The van der Waals surface area contributed by atoms with Crippen molar-refractivity contribution in [3.05, 3.63) is 35.9 Å². The van der Waals surface area contributed by atoms with E-state index in [0.717, 1.165) is 51.4 Å². The smallest absolute Gasteiger partial charge is 0.239 e. The zero-order valence-corrected chi connectivity index (χ0v) is 19.2. The molecular formula is C23H37Cl2N3O. The molecule has 29 heavy (non-hydrogen) atoms. The standard InChI is InChI=1S/C23H35N3O.2ClH/c1-25(16-18-7-3-2-4-8-18)17-19-11-13-26(14-12-19)23(27)22-15-20-9-5-6-10-21(20)24-22;;/h2-4,7-8,19-22,24H,5-6,9-17H2,1H3;2*1H. The lowest BCUT2D eigenvalue weighted by atomic mass is 9.85. The summed E-state index contributed by atoms with van der Waals surface area (Å²) in [7, 11) is 2.22. The van der Waals surface area contributed by atoms with Gasteiger partial charge in [0, 0.05) is 32.2 Å². The second-order valence-electron chi connectivity index (χ2n) is 9.06. The second kappa shape index (κ2) is 11.5. The molecule has 0 bridgehead atoms. The van der Waals surface area contributed by atoms with Crippen molar-refractivity contribution in [2.45, 2.75) is 63.6 Å². The number of nitrogens with zero attached hydrogens (tertiary/aromatic N) is 2. The third-order valence-electron chi connectivity index (χ3n) is 6.95. The topological polar surface area (TPSA) is 35.6 Å². The molecule has 1 amide bonds. The number of fused-ring (bicyclic) bond motifs is 1. The van der Waals surface area contributed by atoms with Crippen molar-refractivity contribution < 1.29 is 4.79 Å². The third-order valence-corrected chi connectivity index (χ3v) is 6.95. The Balaban J connectivity index is 0.00000150. The predicted octanol–water partition coefficient (Wildman–Crippen LogP) is 4.12. The van der Waals surface area contributed by atoms with Gasteiger partial charge in [0.1, 0.15) is 0 Å². The van der Waals surface area contributed by atoms with Crippen molar-refractivity contribution in [1.82, 2.24) is 15.1 Å². The lowest BCUT2D eigenvalue weighted by molar-refractivity contribution is -0.134. The average Bonchev–Trinajstić information content (AvgIpc) is 3.13. The van der Waals surface area contributed by atoms with E-state index in [-0.39, 0.29) is 30.9 Å². The largest absolute Gasteiger partial charge is 0.341 e. The molecule has 3 unspecified atom stereocenters. The molecule has 3 fully saturated rings. The zero-order valence-electron chi connectivity index (χ0n) is 17.6. The Kier molecular flexibility index (Phi) is 9.74. The Morgan fingerprint density at radius 1 is 1.07 bits per heavy atom. The van der Waals surface area contributed by atoms with Crippen LogP contribution in [-0.4, -0.2) is 54.5 Å². The first-order valence-electron chi connectivity index (χ1n) is 11.0. The van der Waals surface area contributed by atoms with Gasteiger partial charge in [-0.2, -0.15) is 0 Å². The van der Waals surface area contributed by atoms with Crippen molar-refractivity contribution in [2.24, 2.45) is 11.8 Å². The fourth-order valence-corrected chi connectivity index (χ4v) is 5.47. The Labute approximate surface area is 188 Å².